The van der Waals surface area contributed by atoms with Crippen molar-refractivity contribution in [3.8, 4) is 11.4 Å². The van der Waals surface area contributed by atoms with Gasteiger partial charge in [-0.2, -0.15) is 0 Å². The highest BCUT2D eigenvalue weighted by Crippen LogP contribution is 2.31. The van der Waals surface area contributed by atoms with Crippen LogP contribution in [0.2, 0.25) is 10.0 Å². The summed E-state index contributed by atoms with van der Waals surface area (Å²) in [6.45, 7) is 4.64. The van der Waals surface area contributed by atoms with Gasteiger partial charge in [0.2, 0.25) is 0 Å². The first-order valence-electron chi connectivity index (χ1n) is 9.01. The van der Waals surface area contributed by atoms with Crippen LogP contribution in [0.1, 0.15) is 18.1 Å². The largest absolute Gasteiger partial charge is 0.423 e. The van der Waals surface area contributed by atoms with Gasteiger partial charge in [-0.05, 0) is 61.4 Å². The van der Waals surface area contributed by atoms with Crippen LogP contribution in [0.3, 0.4) is 0 Å². The topological polar surface area (TPSA) is 60.9 Å². The van der Waals surface area contributed by atoms with Gasteiger partial charge in [0.15, 0.2) is 11.0 Å². The number of hydrogen-bond acceptors (Lipinski definition) is 5. The fourth-order valence-electron chi connectivity index (χ4n) is 3.10. The van der Waals surface area contributed by atoms with Gasteiger partial charge in [-0.3, -0.25) is 0 Å². The lowest BCUT2D eigenvalue weighted by Crippen LogP contribution is -2.02. The summed E-state index contributed by atoms with van der Waals surface area (Å²) in [5.41, 5.74) is 2.82. The number of aryl methyl sites for hydroxylation is 1. The maximum atomic E-state index is 12.0. The third kappa shape index (κ3) is 4.06. The van der Waals surface area contributed by atoms with Crippen molar-refractivity contribution in [1.82, 2.24) is 14.8 Å². The van der Waals surface area contributed by atoms with Crippen molar-refractivity contribution in [1.29, 1.82) is 0 Å². The van der Waals surface area contributed by atoms with Crippen molar-refractivity contribution in [3.05, 3.63) is 74.1 Å². The molecule has 2 aromatic carbocycles. The van der Waals surface area contributed by atoms with E-state index in [1.807, 2.05) is 48.7 Å². The molecule has 148 valence electrons. The van der Waals surface area contributed by atoms with E-state index in [0.29, 0.717) is 21.4 Å². The molecule has 0 N–H and O–H groups in total. The van der Waals surface area contributed by atoms with E-state index < -0.39 is 0 Å². The molecule has 0 aliphatic rings. The molecule has 0 radical (unpaired) electrons. The maximum absolute atomic E-state index is 12.0. The summed E-state index contributed by atoms with van der Waals surface area (Å²) in [5.74, 6) is 1.32. The van der Waals surface area contributed by atoms with Gasteiger partial charge < -0.3 is 8.98 Å². The Morgan fingerprint density at radius 3 is 2.59 bits per heavy atom. The summed E-state index contributed by atoms with van der Waals surface area (Å²) < 4.78 is 7.38. The van der Waals surface area contributed by atoms with Crippen LogP contribution in [0.4, 0.5) is 0 Å². The summed E-state index contributed by atoms with van der Waals surface area (Å²) in [6, 6.07) is 12.7. The maximum Gasteiger partial charge on any atom is 0.336 e. The summed E-state index contributed by atoms with van der Waals surface area (Å²) >= 11 is 13.8. The van der Waals surface area contributed by atoms with Gasteiger partial charge in [0.05, 0.1) is 0 Å². The highest BCUT2D eigenvalue weighted by atomic mass is 35.5. The first-order chi connectivity index (χ1) is 14.0. The Balaban J connectivity index is 1.67. The second-order valence-corrected chi connectivity index (χ2v) is 8.32. The standard InChI is InChI=1S/C21H17Cl2N3O2S/c1-3-26-20(13-4-6-15(22)7-5-13)24-25-21(26)29-11-14-9-19(27)28-18-8-12(2)17(23)10-16(14)18/h4-10H,3,11H2,1-2H3. The quantitative estimate of drug-likeness (QED) is 0.279. The zero-order valence-corrected chi connectivity index (χ0v) is 18.1. The Bertz CT molecular complexity index is 1250. The molecule has 2 aromatic heterocycles. The molecule has 4 rings (SSSR count). The van der Waals surface area contributed by atoms with Crippen molar-refractivity contribution in [2.45, 2.75) is 31.3 Å². The monoisotopic (exact) mass is 445 g/mol. The van der Waals surface area contributed by atoms with E-state index in [1.54, 1.807) is 6.07 Å². The second kappa shape index (κ2) is 8.22. The third-order valence-corrected chi connectivity index (χ3v) is 6.28. The van der Waals surface area contributed by atoms with Gasteiger partial charge in [-0.15, -0.1) is 10.2 Å². The van der Waals surface area contributed by atoms with E-state index in [2.05, 4.69) is 10.2 Å². The third-order valence-electron chi connectivity index (χ3n) is 4.60. The number of hydrogen-bond donors (Lipinski definition) is 0. The second-order valence-electron chi connectivity index (χ2n) is 6.53. The normalized spacial score (nSPS) is 11.3. The number of fused-ring (bicyclic) bond motifs is 1. The van der Waals surface area contributed by atoms with Crippen LogP contribution in [0.25, 0.3) is 22.4 Å². The van der Waals surface area contributed by atoms with Crippen molar-refractivity contribution >= 4 is 45.9 Å². The van der Waals surface area contributed by atoms with Crippen LogP contribution >= 0.6 is 35.0 Å². The molecule has 0 fully saturated rings. The predicted molar refractivity (Wildman–Crippen MR) is 118 cm³/mol. The molecule has 0 aliphatic heterocycles. The van der Waals surface area contributed by atoms with E-state index in [1.165, 1.54) is 17.8 Å². The Hall–Kier alpha value is -2.28. The van der Waals surface area contributed by atoms with Crippen LogP contribution < -0.4 is 5.63 Å². The number of aromatic nitrogens is 3. The first-order valence-corrected chi connectivity index (χ1v) is 10.7. The molecule has 0 aliphatic carbocycles. The lowest BCUT2D eigenvalue weighted by molar-refractivity contribution is 0.559. The summed E-state index contributed by atoms with van der Waals surface area (Å²) in [6.07, 6.45) is 0. The Labute approximate surface area is 181 Å². The molecule has 0 spiro atoms. The number of halogens is 2. The zero-order chi connectivity index (χ0) is 20.5. The van der Waals surface area contributed by atoms with Crippen molar-refractivity contribution in [3.63, 3.8) is 0 Å². The van der Waals surface area contributed by atoms with Crippen LogP contribution in [-0.4, -0.2) is 14.8 Å². The van der Waals surface area contributed by atoms with Gasteiger partial charge in [-0.1, -0.05) is 35.0 Å². The fourth-order valence-corrected chi connectivity index (χ4v) is 4.39. The van der Waals surface area contributed by atoms with Gasteiger partial charge in [0.1, 0.15) is 5.58 Å². The van der Waals surface area contributed by atoms with Crippen molar-refractivity contribution in [2.24, 2.45) is 0 Å². The molecule has 0 saturated carbocycles. The number of benzene rings is 2. The Kier molecular flexibility index (Phi) is 5.67. The summed E-state index contributed by atoms with van der Waals surface area (Å²) in [5, 5.41) is 11.6. The van der Waals surface area contributed by atoms with Gasteiger partial charge in [0.25, 0.3) is 0 Å². The van der Waals surface area contributed by atoms with E-state index in [-0.39, 0.29) is 5.63 Å². The van der Waals surface area contributed by atoms with Gasteiger partial charge >= 0.3 is 5.63 Å². The number of nitrogens with zero attached hydrogens (tertiary/aromatic N) is 3. The SMILES string of the molecule is CCn1c(SCc2cc(=O)oc3cc(C)c(Cl)cc23)nnc1-c1ccc(Cl)cc1. The highest BCUT2D eigenvalue weighted by Gasteiger charge is 2.15. The predicted octanol–water partition coefficient (Wildman–Crippen LogP) is 5.98. The van der Waals surface area contributed by atoms with Crippen molar-refractivity contribution < 1.29 is 4.42 Å². The number of rotatable bonds is 5. The molecular formula is C21H17Cl2N3O2S. The van der Waals surface area contributed by atoms with E-state index in [4.69, 9.17) is 27.6 Å². The van der Waals surface area contributed by atoms with Gasteiger partial charge in [0, 0.05) is 39.4 Å². The molecule has 0 saturated heterocycles. The van der Waals surface area contributed by atoms with E-state index >= 15 is 0 Å². The molecule has 4 aromatic rings. The number of thioether (sulfide) groups is 1. The Morgan fingerprint density at radius 1 is 1.10 bits per heavy atom. The molecule has 0 amide bonds. The highest BCUT2D eigenvalue weighted by molar-refractivity contribution is 7.98. The molecule has 5 nitrogen and oxygen atoms in total. The van der Waals surface area contributed by atoms with Gasteiger partial charge in [-0.25, -0.2) is 4.79 Å². The average Bonchev–Trinajstić information content (AvgIpc) is 3.11. The Morgan fingerprint density at radius 2 is 1.86 bits per heavy atom. The summed E-state index contributed by atoms with van der Waals surface area (Å²) in [7, 11) is 0. The zero-order valence-electron chi connectivity index (χ0n) is 15.8. The minimum atomic E-state index is -0.381. The molecule has 0 atom stereocenters. The molecule has 2 heterocycles. The smallest absolute Gasteiger partial charge is 0.336 e. The molecule has 0 bridgehead atoms. The first kappa shape index (κ1) is 20.0. The summed E-state index contributed by atoms with van der Waals surface area (Å²) in [4.78, 5) is 12.0. The minimum absolute atomic E-state index is 0.381. The van der Waals surface area contributed by atoms with Crippen molar-refractivity contribution in [2.75, 3.05) is 0 Å². The molecule has 0 unspecified atom stereocenters. The molecule has 8 heteroatoms. The minimum Gasteiger partial charge on any atom is -0.423 e. The van der Waals surface area contributed by atoms with Crippen LogP contribution in [0.15, 0.2) is 56.8 Å². The lowest BCUT2D eigenvalue weighted by Gasteiger charge is -2.09. The van der Waals surface area contributed by atoms with E-state index in [0.717, 1.165) is 39.6 Å². The molecule has 29 heavy (non-hydrogen) atoms. The van der Waals surface area contributed by atoms with E-state index in [9.17, 15) is 4.79 Å². The fraction of sp³-hybridized carbons (Fsp3) is 0.190. The average molecular weight is 446 g/mol. The van der Waals surface area contributed by atoms with Crippen LogP contribution in [-0.2, 0) is 12.3 Å². The lowest BCUT2D eigenvalue weighted by atomic mass is 10.1. The molecular weight excluding hydrogens is 429 g/mol. The van der Waals surface area contributed by atoms with Crippen LogP contribution in [0.5, 0.6) is 0 Å². The van der Waals surface area contributed by atoms with Crippen LogP contribution in [0, 0.1) is 6.92 Å².